The zero-order valence-corrected chi connectivity index (χ0v) is 15.8. The van der Waals surface area contributed by atoms with Crippen LogP contribution in [0.15, 0.2) is 18.2 Å². The molecule has 0 aromatic heterocycles. The molecule has 4 atom stereocenters. The number of hydrogen-bond acceptors (Lipinski definition) is 2. The lowest BCUT2D eigenvalue weighted by molar-refractivity contribution is -0.131. The molecule has 1 saturated heterocycles. The van der Waals surface area contributed by atoms with Gasteiger partial charge in [-0.3, -0.25) is 9.59 Å². The second-order valence-electron chi connectivity index (χ2n) is 9.03. The Morgan fingerprint density at radius 3 is 2.88 bits per heavy atom. The van der Waals surface area contributed by atoms with Gasteiger partial charge in [0.25, 0.3) is 0 Å². The zero-order chi connectivity index (χ0) is 18.1. The zero-order valence-electron chi connectivity index (χ0n) is 15.8. The first-order valence-electron chi connectivity index (χ1n) is 10.2. The van der Waals surface area contributed by atoms with E-state index in [9.17, 15) is 9.59 Å². The van der Waals surface area contributed by atoms with Crippen LogP contribution in [0.5, 0.6) is 0 Å². The van der Waals surface area contributed by atoms with Gasteiger partial charge in [-0.1, -0.05) is 30.7 Å². The van der Waals surface area contributed by atoms with Crippen molar-refractivity contribution in [3.05, 3.63) is 34.9 Å². The first kappa shape index (κ1) is 16.3. The number of amides is 2. The van der Waals surface area contributed by atoms with Gasteiger partial charge in [0.15, 0.2) is 0 Å². The van der Waals surface area contributed by atoms with Crippen molar-refractivity contribution in [2.24, 2.45) is 17.8 Å². The van der Waals surface area contributed by atoms with E-state index < -0.39 is 0 Å². The number of nitrogens with one attached hydrogen (secondary N) is 1. The van der Waals surface area contributed by atoms with E-state index in [4.69, 9.17) is 0 Å². The molecule has 2 saturated carbocycles. The van der Waals surface area contributed by atoms with Crippen molar-refractivity contribution >= 4 is 11.8 Å². The smallest absolute Gasteiger partial charge is 0.223 e. The molecule has 4 aliphatic rings. The minimum atomic E-state index is -0.262. The summed E-state index contributed by atoms with van der Waals surface area (Å²) in [5, 5.41) is 3.23. The fraction of sp³-hybridized carbons (Fsp3) is 0.636. The highest BCUT2D eigenvalue weighted by Gasteiger charge is 2.64. The highest BCUT2D eigenvalue weighted by atomic mass is 16.2. The van der Waals surface area contributed by atoms with Crippen LogP contribution in [0.2, 0.25) is 0 Å². The van der Waals surface area contributed by atoms with Gasteiger partial charge in [-0.25, -0.2) is 0 Å². The number of aryl methyl sites for hydroxylation is 2. The number of carbonyl (C=O) groups excluding carboxylic acids is 2. The number of nitrogens with zero attached hydrogens (tertiary/aromatic N) is 1. The predicted octanol–water partition coefficient (Wildman–Crippen LogP) is 2.92. The molecule has 2 unspecified atom stereocenters. The lowest BCUT2D eigenvalue weighted by Gasteiger charge is -2.39. The lowest BCUT2D eigenvalue weighted by Crippen LogP contribution is -2.45. The third-order valence-electron chi connectivity index (χ3n) is 7.25. The van der Waals surface area contributed by atoms with Gasteiger partial charge in [-0.15, -0.1) is 0 Å². The Kier molecular flexibility index (Phi) is 3.51. The summed E-state index contributed by atoms with van der Waals surface area (Å²) in [6, 6.07) is 7.11. The number of hydrogen-bond donors (Lipinski definition) is 1. The third-order valence-corrected chi connectivity index (χ3v) is 7.25. The van der Waals surface area contributed by atoms with Gasteiger partial charge in [0.05, 0.1) is 5.54 Å². The molecule has 5 rings (SSSR count). The van der Waals surface area contributed by atoms with Gasteiger partial charge in [0.2, 0.25) is 11.8 Å². The first-order chi connectivity index (χ1) is 12.5. The maximum absolute atomic E-state index is 13.0. The van der Waals surface area contributed by atoms with Crippen LogP contribution in [0.4, 0.5) is 0 Å². The third kappa shape index (κ3) is 2.20. The quantitative estimate of drug-likeness (QED) is 0.890. The molecule has 2 aliphatic heterocycles. The molecule has 4 heteroatoms. The molecule has 26 heavy (non-hydrogen) atoms. The molecule has 1 aromatic rings. The van der Waals surface area contributed by atoms with Crippen LogP contribution in [-0.4, -0.2) is 29.3 Å². The van der Waals surface area contributed by atoms with Crippen molar-refractivity contribution in [3.8, 4) is 0 Å². The molecule has 1 spiro atoms. The summed E-state index contributed by atoms with van der Waals surface area (Å²) >= 11 is 0. The summed E-state index contributed by atoms with van der Waals surface area (Å²) in [7, 11) is 0. The molecular formula is C22H28N2O2. The minimum Gasteiger partial charge on any atom is -0.353 e. The Labute approximate surface area is 155 Å². The van der Waals surface area contributed by atoms with E-state index in [-0.39, 0.29) is 29.2 Å². The van der Waals surface area contributed by atoms with E-state index in [0.717, 1.165) is 38.6 Å². The van der Waals surface area contributed by atoms with Crippen LogP contribution < -0.4 is 5.32 Å². The Morgan fingerprint density at radius 2 is 2.12 bits per heavy atom. The number of carbonyl (C=O) groups is 2. The Balaban J connectivity index is 1.62. The minimum absolute atomic E-state index is 0.0446. The van der Waals surface area contributed by atoms with E-state index >= 15 is 0 Å². The van der Waals surface area contributed by atoms with Crippen molar-refractivity contribution in [1.29, 1.82) is 0 Å². The van der Waals surface area contributed by atoms with Crippen molar-refractivity contribution in [1.82, 2.24) is 10.2 Å². The number of rotatable bonds is 2. The maximum atomic E-state index is 13.0. The molecule has 3 fully saturated rings. The van der Waals surface area contributed by atoms with Gasteiger partial charge in [-0.2, -0.15) is 0 Å². The summed E-state index contributed by atoms with van der Waals surface area (Å²) in [6.45, 7) is 5.18. The van der Waals surface area contributed by atoms with Gasteiger partial charge >= 0.3 is 0 Å². The molecule has 4 nitrogen and oxygen atoms in total. The average Bonchev–Trinajstić information content (AvgIpc) is 3.31. The fourth-order valence-corrected chi connectivity index (χ4v) is 6.11. The van der Waals surface area contributed by atoms with Crippen molar-refractivity contribution in [2.45, 2.75) is 64.0 Å². The van der Waals surface area contributed by atoms with Crippen molar-refractivity contribution in [2.75, 3.05) is 6.54 Å². The monoisotopic (exact) mass is 352 g/mol. The molecule has 2 amide bonds. The maximum Gasteiger partial charge on any atom is 0.223 e. The van der Waals surface area contributed by atoms with Gasteiger partial charge in [-0.05, 0) is 56.1 Å². The highest BCUT2D eigenvalue weighted by Crippen LogP contribution is 2.60. The van der Waals surface area contributed by atoms with Gasteiger partial charge < -0.3 is 10.2 Å². The largest absolute Gasteiger partial charge is 0.353 e. The highest BCUT2D eigenvalue weighted by molar-refractivity contribution is 5.86. The SMILES string of the molecule is Cc1ccc2c(c1)CCCN1C(=O)CC3[C@H](C(=O)NC4CC4)[C@@H](C)CC231. The Hall–Kier alpha value is -1.84. The molecule has 2 heterocycles. The number of benzene rings is 1. The topological polar surface area (TPSA) is 49.4 Å². The van der Waals surface area contributed by atoms with Crippen LogP contribution in [0, 0.1) is 24.7 Å². The van der Waals surface area contributed by atoms with Gasteiger partial charge in [0, 0.05) is 30.8 Å². The molecule has 2 aliphatic carbocycles. The average molecular weight is 352 g/mol. The standard InChI is InChI=1S/C22H28N2O2/c1-13-5-8-17-15(10-13)4-3-9-24-19(25)11-18-20(14(2)12-22(17,18)24)21(26)23-16-6-7-16/h5,8,10,14,16,18,20H,3-4,6-7,9,11-12H2,1-2H3,(H,23,26)/t14-,18?,20+,22?/m0/s1. The Morgan fingerprint density at radius 1 is 1.31 bits per heavy atom. The first-order valence-corrected chi connectivity index (χ1v) is 10.2. The molecule has 1 N–H and O–H groups in total. The van der Waals surface area contributed by atoms with Crippen LogP contribution in [0.3, 0.4) is 0 Å². The van der Waals surface area contributed by atoms with Crippen LogP contribution in [0.1, 0.15) is 55.7 Å². The molecule has 0 bridgehead atoms. The summed E-state index contributed by atoms with van der Waals surface area (Å²) in [5.74, 6) is 0.815. The van der Waals surface area contributed by atoms with Gasteiger partial charge in [0.1, 0.15) is 0 Å². The predicted molar refractivity (Wildman–Crippen MR) is 99.4 cm³/mol. The Bertz CT molecular complexity index is 784. The van der Waals surface area contributed by atoms with Crippen molar-refractivity contribution in [3.63, 3.8) is 0 Å². The summed E-state index contributed by atoms with van der Waals surface area (Å²) < 4.78 is 0. The van der Waals surface area contributed by atoms with Crippen LogP contribution in [0.25, 0.3) is 0 Å². The second-order valence-corrected chi connectivity index (χ2v) is 9.03. The van der Waals surface area contributed by atoms with Crippen molar-refractivity contribution < 1.29 is 9.59 Å². The number of fused-ring (bicyclic) bond motifs is 1. The lowest BCUT2D eigenvalue weighted by atomic mass is 9.76. The van der Waals surface area contributed by atoms with E-state index in [0.29, 0.717) is 18.4 Å². The second kappa shape index (κ2) is 5.58. The van der Waals surface area contributed by atoms with E-state index in [2.05, 4.69) is 42.3 Å². The van der Waals surface area contributed by atoms with E-state index in [1.807, 2.05) is 0 Å². The molecule has 0 radical (unpaired) electrons. The van der Waals surface area contributed by atoms with E-state index in [1.54, 1.807) is 0 Å². The summed E-state index contributed by atoms with van der Waals surface area (Å²) in [5.41, 5.74) is 3.73. The summed E-state index contributed by atoms with van der Waals surface area (Å²) in [6.07, 6.45) is 5.71. The summed E-state index contributed by atoms with van der Waals surface area (Å²) in [4.78, 5) is 28.1. The van der Waals surface area contributed by atoms with Crippen LogP contribution in [-0.2, 0) is 21.5 Å². The normalized spacial score (nSPS) is 35.5. The molecular weight excluding hydrogens is 324 g/mol. The van der Waals surface area contributed by atoms with Crippen LogP contribution >= 0.6 is 0 Å². The fourth-order valence-electron chi connectivity index (χ4n) is 6.11. The molecule has 1 aromatic carbocycles. The molecule has 138 valence electrons. The van der Waals surface area contributed by atoms with E-state index in [1.165, 1.54) is 16.7 Å².